The van der Waals surface area contributed by atoms with Gasteiger partial charge < -0.3 is 29.2 Å². The molecule has 0 amide bonds. The van der Waals surface area contributed by atoms with E-state index in [2.05, 4.69) is 21.0 Å². The minimum Gasteiger partial charge on any atom is -0.491 e. The van der Waals surface area contributed by atoms with Crippen molar-refractivity contribution in [3.8, 4) is 41.0 Å². The molecule has 0 unspecified atom stereocenters. The summed E-state index contributed by atoms with van der Waals surface area (Å²) in [5.41, 5.74) is 0.728. The van der Waals surface area contributed by atoms with Gasteiger partial charge in [0.05, 0.1) is 23.6 Å². The number of hydrogen-bond donors (Lipinski definition) is 1. The summed E-state index contributed by atoms with van der Waals surface area (Å²) in [6.07, 6.45) is 8.38. The molecule has 0 aliphatic carbocycles. The molecule has 0 saturated carbocycles. The number of alkyl halides is 1. The Hall–Kier alpha value is -4.73. The van der Waals surface area contributed by atoms with Crippen molar-refractivity contribution in [1.29, 1.82) is 0 Å². The number of aromatic nitrogens is 2. The number of benzene rings is 3. The number of rotatable bonds is 6. The lowest BCUT2D eigenvalue weighted by atomic mass is 9.93. The maximum absolute atomic E-state index is 17.4. The minimum atomic E-state index is -0.913. The number of piperazine rings is 1. The third-order valence-corrected chi connectivity index (χ3v) is 11.2. The van der Waals surface area contributed by atoms with Gasteiger partial charge >= 0.3 is 12.2 Å². The molecule has 5 aliphatic rings. The lowest BCUT2D eigenvalue weighted by molar-refractivity contribution is 0.104. The molecule has 5 atom stereocenters. The summed E-state index contributed by atoms with van der Waals surface area (Å²) in [5, 5.41) is 5.44. The summed E-state index contributed by atoms with van der Waals surface area (Å²) >= 11 is 0. The lowest BCUT2D eigenvalue weighted by Gasteiger charge is -2.40. The van der Waals surface area contributed by atoms with Crippen LogP contribution < -0.4 is 24.4 Å². The number of carbonyl (C=O) groups is 1. The number of carbonyl (C=O) groups excluding carboxylic acids is 1. The van der Waals surface area contributed by atoms with Gasteiger partial charge in [0, 0.05) is 48.1 Å². The fourth-order valence-corrected chi connectivity index (χ4v) is 8.99. The molecule has 258 valence electrons. The van der Waals surface area contributed by atoms with E-state index in [-0.39, 0.29) is 54.2 Å². The molecule has 0 radical (unpaired) electrons. The Labute approximate surface area is 288 Å². The zero-order valence-corrected chi connectivity index (χ0v) is 27.7. The topological polar surface area (TPSA) is 98.3 Å². The Morgan fingerprint density at radius 2 is 2.08 bits per heavy atom. The lowest BCUT2D eigenvalue weighted by Crippen LogP contribution is -2.60. The second-order valence-electron chi connectivity index (χ2n) is 14.0. The predicted octanol–water partition coefficient (Wildman–Crippen LogP) is 5.76. The number of hydrogen-bond acceptors (Lipinski definition) is 10. The molecule has 9 rings (SSSR count). The third kappa shape index (κ3) is 5.01. The van der Waals surface area contributed by atoms with Crippen LogP contribution in [0.5, 0.6) is 17.5 Å². The van der Waals surface area contributed by atoms with Gasteiger partial charge in [0.25, 0.3) is 0 Å². The van der Waals surface area contributed by atoms with Gasteiger partial charge in [0.2, 0.25) is 0 Å². The van der Waals surface area contributed by atoms with Gasteiger partial charge in [-0.25, -0.2) is 13.6 Å². The van der Waals surface area contributed by atoms with Gasteiger partial charge in [-0.1, -0.05) is 18.1 Å². The molecule has 4 fully saturated rings. The first-order valence-electron chi connectivity index (χ1n) is 17.4. The van der Waals surface area contributed by atoms with Gasteiger partial charge in [-0.3, -0.25) is 4.90 Å². The van der Waals surface area contributed by atoms with Crippen molar-refractivity contribution in [3.05, 3.63) is 47.8 Å². The Bertz CT molecular complexity index is 2090. The Morgan fingerprint density at radius 3 is 2.94 bits per heavy atom. The standard InChI is InChI=1S/C38H37F2N5O5/c1-3-21-7-5-8-22-13-25(50-37(46)47-4-2)14-26(31(21)22)27-15-30-32-34(33(27)40)42-36(49-20-38-11-6-12-44(38)17-23(39)16-38)43-35(32)45-18-24-9-10-28(41-24)29(45)19-48-30/h1,5,7-8,13-15,23-24,28-29,41H,4,6,9-12,16-20H2,2H3/t23-,24-,28+,29-,38+/m1/s1. The molecule has 10 nitrogen and oxygen atoms in total. The first kappa shape index (κ1) is 31.3. The highest BCUT2D eigenvalue weighted by molar-refractivity contribution is 6.06. The normalized spacial score (nSPS) is 26.6. The van der Waals surface area contributed by atoms with E-state index in [9.17, 15) is 9.18 Å². The summed E-state index contributed by atoms with van der Waals surface area (Å²) in [7, 11) is 0. The predicted molar refractivity (Wildman–Crippen MR) is 183 cm³/mol. The van der Waals surface area contributed by atoms with Crippen molar-refractivity contribution >= 4 is 33.6 Å². The van der Waals surface area contributed by atoms with Gasteiger partial charge in [-0.05, 0) is 74.4 Å². The molecule has 4 aromatic rings. The fraction of sp³-hybridized carbons (Fsp3) is 0.447. The van der Waals surface area contributed by atoms with Gasteiger partial charge in [-0.2, -0.15) is 9.97 Å². The highest BCUT2D eigenvalue weighted by atomic mass is 19.1. The Morgan fingerprint density at radius 1 is 1.18 bits per heavy atom. The summed E-state index contributed by atoms with van der Waals surface area (Å²) < 4.78 is 55.4. The van der Waals surface area contributed by atoms with Crippen molar-refractivity contribution < 1.29 is 32.5 Å². The van der Waals surface area contributed by atoms with Crippen molar-refractivity contribution in [1.82, 2.24) is 20.2 Å². The monoisotopic (exact) mass is 681 g/mol. The summed E-state index contributed by atoms with van der Waals surface area (Å²) in [6, 6.07) is 10.8. The van der Waals surface area contributed by atoms with E-state index in [1.807, 2.05) is 6.07 Å². The SMILES string of the molecule is C#Cc1cccc2cc(OC(=O)OCC)cc(-c3cc4c5c(nc(OC[C@@]67CCCN6C[C@H](F)C7)nc5c3F)N3C[C@H]5CC[C@H](N5)[C@H]3CO4)c12. The number of halogens is 2. The summed E-state index contributed by atoms with van der Waals surface area (Å²) in [6.45, 7) is 4.28. The minimum absolute atomic E-state index is 0.0399. The van der Waals surface area contributed by atoms with Crippen LogP contribution in [0.3, 0.4) is 0 Å². The molecular weight excluding hydrogens is 644 g/mol. The highest BCUT2D eigenvalue weighted by Gasteiger charge is 2.50. The zero-order valence-electron chi connectivity index (χ0n) is 27.7. The number of nitrogens with zero attached hydrogens (tertiary/aromatic N) is 4. The second-order valence-corrected chi connectivity index (χ2v) is 14.0. The van der Waals surface area contributed by atoms with Crippen LogP contribution in [0, 0.1) is 18.2 Å². The first-order chi connectivity index (χ1) is 24.3. The second kappa shape index (κ2) is 12.0. The maximum Gasteiger partial charge on any atom is 0.513 e. The van der Waals surface area contributed by atoms with E-state index in [1.54, 1.807) is 37.3 Å². The van der Waals surface area contributed by atoms with E-state index in [4.69, 9.17) is 35.3 Å². The largest absolute Gasteiger partial charge is 0.513 e. The number of nitrogens with one attached hydrogen (secondary N) is 1. The summed E-state index contributed by atoms with van der Waals surface area (Å²) in [4.78, 5) is 26.4. The van der Waals surface area contributed by atoms with Crippen LogP contribution in [0.15, 0.2) is 36.4 Å². The van der Waals surface area contributed by atoms with Crippen LogP contribution in [-0.4, -0.2) is 90.3 Å². The fourth-order valence-electron chi connectivity index (χ4n) is 8.99. The molecular formula is C38H37F2N5O5. The van der Waals surface area contributed by atoms with Gasteiger partial charge in [0.15, 0.2) is 5.82 Å². The third-order valence-electron chi connectivity index (χ3n) is 11.2. The molecule has 4 saturated heterocycles. The first-order valence-corrected chi connectivity index (χ1v) is 17.4. The van der Waals surface area contributed by atoms with Crippen LogP contribution >= 0.6 is 0 Å². The zero-order chi connectivity index (χ0) is 34.1. The highest BCUT2D eigenvalue weighted by Crippen LogP contribution is 2.47. The quantitative estimate of drug-likeness (QED) is 0.154. The number of terminal acetylenes is 1. The molecule has 1 aromatic heterocycles. The van der Waals surface area contributed by atoms with Crippen molar-refractivity contribution in [3.63, 3.8) is 0 Å². The average Bonchev–Trinajstić information content (AvgIpc) is 3.74. The van der Waals surface area contributed by atoms with Crippen molar-refractivity contribution in [2.75, 3.05) is 44.4 Å². The van der Waals surface area contributed by atoms with Crippen LogP contribution in [0.4, 0.5) is 19.4 Å². The van der Waals surface area contributed by atoms with E-state index in [0.29, 0.717) is 65.0 Å². The van der Waals surface area contributed by atoms with E-state index in [1.165, 1.54) is 0 Å². The molecule has 6 heterocycles. The molecule has 50 heavy (non-hydrogen) atoms. The Kier molecular flexibility index (Phi) is 7.47. The van der Waals surface area contributed by atoms with Crippen LogP contribution in [-0.2, 0) is 4.74 Å². The van der Waals surface area contributed by atoms with Crippen molar-refractivity contribution in [2.24, 2.45) is 0 Å². The molecule has 2 bridgehead atoms. The smallest absolute Gasteiger partial charge is 0.491 e. The maximum atomic E-state index is 17.4. The molecule has 1 N–H and O–H groups in total. The molecule has 0 spiro atoms. The Balaban J connectivity index is 1.23. The van der Waals surface area contributed by atoms with Crippen LogP contribution in [0.25, 0.3) is 32.8 Å². The van der Waals surface area contributed by atoms with E-state index >= 15 is 4.39 Å². The van der Waals surface area contributed by atoms with E-state index < -0.39 is 23.7 Å². The summed E-state index contributed by atoms with van der Waals surface area (Å²) in [5.74, 6) is 3.27. The number of anilines is 1. The van der Waals surface area contributed by atoms with E-state index in [0.717, 1.165) is 32.2 Å². The number of fused-ring (bicyclic) bond motifs is 7. The molecule has 5 aliphatic heterocycles. The van der Waals surface area contributed by atoms with Gasteiger partial charge in [-0.15, -0.1) is 6.42 Å². The van der Waals surface area contributed by atoms with Crippen molar-refractivity contribution in [2.45, 2.75) is 68.9 Å². The molecule has 12 heteroatoms. The van der Waals surface area contributed by atoms with Crippen LogP contribution in [0.1, 0.15) is 44.6 Å². The average molecular weight is 682 g/mol. The van der Waals surface area contributed by atoms with Crippen LogP contribution in [0.2, 0.25) is 0 Å². The van der Waals surface area contributed by atoms with Gasteiger partial charge in [0.1, 0.15) is 42.2 Å². The number of ether oxygens (including phenoxy) is 4. The molecule has 3 aromatic carbocycles.